The zero-order valence-corrected chi connectivity index (χ0v) is 14.6. The van der Waals surface area contributed by atoms with Gasteiger partial charge < -0.3 is 14.7 Å². The summed E-state index contributed by atoms with van der Waals surface area (Å²) < 4.78 is 0. The van der Waals surface area contributed by atoms with E-state index in [9.17, 15) is 4.79 Å². The Balaban J connectivity index is 1.45. The van der Waals surface area contributed by atoms with Gasteiger partial charge in [-0.15, -0.1) is 11.3 Å². The number of fused-ring (bicyclic) bond motifs is 1. The van der Waals surface area contributed by atoms with Gasteiger partial charge in [0.2, 0.25) is 5.95 Å². The molecule has 24 heavy (non-hydrogen) atoms. The predicted molar refractivity (Wildman–Crippen MR) is 94.5 cm³/mol. The minimum Gasteiger partial charge on any atom is -0.338 e. The van der Waals surface area contributed by atoms with Crippen LogP contribution in [-0.4, -0.2) is 65.4 Å². The molecule has 2 aromatic heterocycles. The molecule has 0 atom stereocenters. The Kier molecular flexibility index (Phi) is 4.20. The molecule has 2 aliphatic heterocycles. The zero-order chi connectivity index (χ0) is 16.5. The second-order valence-electron chi connectivity index (χ2n) is 6.38. The quantitative estimate of drug-likeness (QED) is 0.842. The lowest BCUT2D eigenvalue weighted by molar-refractivity contribution is 0.0780. The van der Waals surface area contributed by atoms with Crippen LogP contribution in [-0.2, 0) is 13.0 Å². The van der Waals surface area contributed by atoms with E-state index in [-0.39, 0.29) is 5.91 Å². The van der Waals surface area contributed by atoms with Gasteiger partial charge in [0.1, 0.15) is 0 Å². The lowest BCUT2D eigenvalue weighted by Crippen LogP contribution is -2.45. The standard InChI is InChI=1S/C17H21N5OS/c1-20-6-8-21(9-7-20)17-18-11-14-15(19-17)12-22(16(14)23)5-4-13-3-2-10-24-13/h2-3,10-11H,4-9,12H2,1H3. The Morgan fingerprint density at radius 3 is 2.83 bits per heavy atom. The number of aromatic nitrogens is 2. The Morgan fingerprint density at radius 1 is 1.25 bits per heavy atom. The Morgan fingerprint density at radius 2 is 2.08 bits per heavy atom. The maximum Gasteiger partial charge on any atom is 0.257 e. The van der Waals surface area contributed by atoms with Gasteiger partial charge >= 0.3 is 0 Å². The minimum atomic E-state index is 0.0616. The van der Waals surface area contributed by atoms with E-state index in [1.165, 1.54) is 4.88 Å². The topological polar surface area (TPSA) is 52.6 Å². The molecule has 0 radical (unpaired) electrons. The molecule has 1 fully saturated rings. The fourth-order valence-electron chi connectivity index (χ4n) is 3.17. The van der Waals surface area contributed by atoms with Gasteiger partial charge in [0.05, 0.1) is 17.8 Å². The molecule has 7 heteroatoms. The Bertz CT molecular complexity index is 725. The van der Waals surface area contributed by atoms with Crippen molar-refractivity contribution in [3.63, 3.8) is 0 Å². The molecule has 0 bridgehead atoms. The van der Waals surface area contributed by atoms with E-state index < -0.39 is 0 Å². The molecule has 1 saturated heterocycles. The van der Waals surface area contributed by atoms with Crippen LogP contribution in [0.5, 0.6) is 0 Å². The maximum atomic E-state index is 12.5. The average Bonchev–Trinajstić information content (AvgIpc) is 3.22. The van der Waals surface area contributed by atoms with Crippen molar-refractivity contribution in [2.45, 2.75) is 13.0 Å². The minimum absolute atomic E-state index is 0.0616. The van der Waals surface area contributed by atoms with Crippen molar-refractivity contribution in [3.8, 4) is 0 Å². The van der Waals surface area contributed by atoms with Crippen molar-refractivity contribution < 1.29 is 4.79 Å². The molecule has 0 N–H and O–H groups in total. The first kappa shape index (κ1) is 15.5. The molecule has 4 rings (SSSR count). The largest absolute Gasteiger partial charge is 0.338 e. The molecule has 0 unspecified atom stereocenters. The molecule has 6 nitrogen and oxygen atoms in total. The molecule has 2 aromatic rings. The molecule has 0 aliphatic carbocycles. The maximum absolute atomic E-state index is 12.5. The number of rotatable bonds is 4. The van der Waals surface area contributed by atoms with Crippen LogP contribution in [0.25, 0.3) is 0 Å². The third-order valence-electron chi connectivity index (χ3n) is 4.71. The van der Waals surface area contributed by atoms with E-state index in [2.05, 4.69) is 38.3 Å². The first-order valence-electron chi connectivity index (χ1n) is 8.32. The SMILES string of the molecule is CN1CCN(c2ncc3c(n2)CN(CCc2cccs2)C3=O)CC1. The summed E-state index contributed by atoms with van der Waals surface area (Å²) in [5, 5.41) is 2.07. The molecular weight excluding hydrogens is 322 g/mol. The molecule has 0 saturated carbocycles. The summed E-state index contributed by atoms with van der Waals surface area (Å²) >= 11 is 1.74. The van der Waals surface area contributed by atoms with Gasteiger partial charge in [0, 0.05) is 43.8 Å². The highest BCUT2D eigenvalue weighted by atomic mass is 32.1. The average molecular weight is 343 g/mol. The number of carbonyl (C=O) groups is 1. The number of likely N-dealkylation sites (N-methyl/N-ethyl adjacent to an activating group) is 1. The van der Waals surface area contributed by atoms with Gasteiger partial charge in [-0.25, -0.2) is 9.97 Å². The van der Waals surface area contributed by atoms with Crippen LogP contribution >= 0.6 is 11.3 Å². The van der Waals surface area contributed by atoms with Gasteiger partial charge in [0.15, 0.2) is 0 Å². The number of piperazine rings is 1. The second-order valence-corrected chi connectivity index (χ2v) is 7.41. The van der Waals surface area contributed by atoms with Crippen molar-refractivity contribution in [1.29, 1.82) is 0 Å². The van der Waals surface area contributed by atoms with Crippen LogP contribution in [0.2, 0.25) is 0 Å². The molecule has 1 amide bonds. The fourth-order valence-corrected chi connectivity index (χ4v) is 3.87. The highest BCUT2D eigenvalue weighted by molar-refractivity contribution is 7.09. The number of hydrogen-bond acceptors (Lipinski definition) is 6. The van der Waals surface area contributed by atoms with Crippen molar-refractivity contribution >= 4 is 23.2 Å². The summed E-state index contributed by atoms with van der Waals surface area (Å²) in [6.45, 7) is 5.25. The number of amides is 1. The van der Waals surface area contributed by atoms with Crippen LogP contribution < -0.4 is 4.90 Å². The third kappa shape index (κ3) is 3.01. The normalized spacial score (nSPS) is 18.3. The van der Waals surface area contributed by atoms with Crippen molar-refractivity contribution in [3.05, 3.63) is 39.8 Å². The Hall–Kier alpha value is -1.99. The molecular formula is C17H21N5OS. The summed E-state index contributed by atoms with van der Waals surface area (Å²) in [6, 6.07) is 4.16. The molecule has 126 valence electrons. The van der Waals surface area contributed by atoms with E-state index >= 15 is 0 Å². The van der Waals surface area contributed by atoms with Crippen molar-refractivity contribution in [2.24, 2.45) is 0 Å². The molecule has 0 aromatic carbocycles. The smallest absolute Gasteiger partial charge is 0.257 e. The molecule has 0 spiro atoms. The van der Waals surface area contributed by atoms with Gasteiger partial charge in [-0.1, -0.05) is 6.07 Å². The van der Waals surface area contributed by atoms with Crippen LogP contribution in [0.1, 0.15) is 20.9 Å². The zero-order valence-electron chi connectivity index (χ0n) is 13.8. The van der Waals surface area contributed by atoms with Gasteiger partial charge in [-0.2, -0.15) is 0 Å². The van der Waals surface area contributed by atoms with E-state index in [0.717, 1.165) is 50.8 Å². The van der Waals surface area contributed by atoms with E-state index in [1.807, 2.05) is 11.0 Å². The van der Waals surface area contributed by atoms with Crippen LogP contribution in [0, 0.1) is 0 Å². The number of thiophene rings is 1. The summed E-state index contributed by atoms with van der Waals surface area (Å²) in [4.78, 5) is 29.3. The summed E-state index contributed by atoms with van der Waals surface area (Å²) in [6.07, 6.45) is 2.61. The van der Waals surface area contributed by atoms with Crippen LogP contribution in [0.3, 0.4) is 0 Å². The van der Waals surface area contributed by atoms with Gasteiger partial charge in [0.25, 0.3) is 5.91 Å². The van der Waals surface area contributed by atoms with E-state index in [0.29, 0.717) is 12.1 Å². The lowest BCUT2D eigenvalue weighted by atomic mass is 10.2. The van der Waals surface area contributed by atoms with Gasteiger partial charge in [-0.05, 0) is 24.9 Å². The highest BCUT2D eigenvalue weighted by Crippen LogP contribution is 2.23. The van der Waals surface area contributed by atoms with E-state index in [1.54, 1.807) is 17.5 Å². The number of carbonyl (C=O) groups excluding carboxylic acids is 1. The predicted octanol–water partition coefficient (Wildman–Crippen LogP) is 1.49. The summed E-state index contributed by atoms with van der Waals surface area (Å²) in [5.41, 5.74) is 1.54. The lowest BCUT2D eigenvalue weighted by Gasteiger charge is -2.32. The second kappa shape index (κ2) is 6.49. The first-order valence-corrected chi connectivity index (χ1v) is 9.20. The summed E-state index contributed by atoms with van der Waals surface area (Å²) in [7, 11) is 2.13. The monoisotopic (exact) mass is 343 g/mol. The van der Waals surface area contributed by atoms with Gasteiger partial charge in [-0.3, -0.25) is 4.79 Å². The van der Waals surface area contributed by atoms with Crippen LogP contribution in [0.4, 0.5) is 5.95 Å². The Labute approximate surface area is 145 Å². The summed E-state index contributed by atoms with van der Waals surface area (Å²) in [5.74, 6) is 0.821. The number of hydrogen-bond donors (Lipinski definition) is 0. The first-order chi connectivity index (χ1) is 11.7. The van der Waals surface area contributed by atoms with E-state index in [4.69, 9.17) is 0 Å². The van der Waals surface area contributed by atoms with Crippen molar-refractivity contribution in [1.82, 2.24) is 19.8 Å². The highest BCUT2D eigenvalue weighted by Gasteiger charge is 2.30. The molecule has 4 heterocycles. The van der Waals surface area contributed by atoms with Crippen molar-refractivity contribution in [2.75, 3.05) is 44.7 Å². The number of anilines is 1. The number of nitrogens with zero attached hydrogens (tertiary/aromatic N) is 5. The molecule has 2 aliphatic rings. The van der Waals surface area contributed by atoms with Crippen LogP contribution in [0.15, 0.2) is 23.7 Å². The third-order valence-corrected chi connectivity index (χ3v) is 5.64. The fraction of sp³-hybridized carbons (Fsp3) is 0.471.